The van der Waals surface area contributed by atoms with Gasteiger partial charge in [-0.05, 0) is 38.5 Å². The van der Waals surface area contributed by atoms with Crippen LogP contribution in [0.25, 0.3) is 0 Å². The highest BCUT2D eigenvalue weighted by atomic mass is 35.7. The van der Waals surface area contributed by atoms with Crippen molar-refractivity contribution in [3.8, 4) is 0 Å². The van der Waals surface area contributed by atoms with Gasteiger partial charge in [0.1, 0.15) is 11.9 Å². The molecule has 1 aromatic rings. The first kappa shape index (κ1) is 17.9. The number of halogens is 2. The summed E-state index contributed by atoms with van der Waals surface area (Å²) < 4.78 is 46.6. The Bertz CT molecular complexity index is 630. The van der Waals surface area contributed by atoms with Crippen LogP contribution in [0.15, 0.2) is 17.0 Å². The SMILES string of the molecule is CCOCC(C)OC(=O)c1cc(S(=O)(=O)Cl)c(C)cc1F. The second-order valence-corrected chi connectivity index (χ2v) is 6.95. The van der Waals surface area contributed by atoms with Gasteiger partial charge in [-0.15, -0.1) is 0 Å². The first-order chi connectivity index (χ1) is 9.66. The van der Waals surface area contributed by atoms with Crippen LogP contribution < -0.4 is 0 Å². The van der Waals surface area contributed by atoms with Gasteiger partial charge in [0.2, 0.25) is 0 Å². The van der Waals surface area contributed by atoms with Gasteiger partial charge in [0.25, 0.3) is 9.05 Å². The molecule has 0 aliphatic rings. The Morgan fingerprint density at radius 2 is 2.05 bits per heavy atom. The maximum Gasteiger partial charge on any atom is 0.341 e. The molecule has 0 heterocycles. The molecule has 8 heteroatoms. The highest BCUT2D eigenvalue weighted by molar-refractivity contribution is 8.13. The minimum absolute atomic E-state index is 0.112. The van der Waals surface area contributed by atoms with Crippen LogP contribution in [-0.2, 0) is 18.5 Å². The van der Waals surface area contributed by atoms with Crippen molar-refractivity contribution >= 4 is 25.7 Å². The molecule has 1 unspecified atom stereocenters. The number of esters is 1. The summed E-state index contributed by atoms with van der Waals surface area (Å²) in [5, 5.41) is 0. The summed E-state index contributed by atoms with van der Waals surface area (Å²) in [5.41, 5.74) is -0.371. The lowest BCUT2D eigenvalue weighted by molar-refractivity contribution is 0.00398. The van der Waals surface area contributed by atoms with E-state index in [0.29, 0.717) is 6.61 Å². The summed E-state index contributed by atoms with van der Waals surface area (Å²) >= 11 is 0. The third-order valence-corrected chi connectivity index (χ3v) is 4.08. The molecule has 0 amide bonds. The van der Waals surface area contributed by atoms with Gasteiger partial charge in [-0.2, -0.15) is 0 Å². The highest BCUT2D eigenvalue weighted by Crippen LogP contribution is 2.24. The van der Waals surface area contributed by atoms with Crippen LogP contribution in [0.2, 0.25) is 0 Å². The van der Waals surface area contributed by atoms with E-state index in [2.05, 4.69) is 0 Å². The molecule has 0 saturated heterocycles. The second kappa shape index (κ2) is 7.20. The van der Waals surface area contributed by atoms with Crippen molar-refractivity contribution in [1.82, 2.24) is 0 Å². The molecule has 1 rings (SSSR count). The van der Waals surface area contributed by atoms with E-state index >= 15 is 0 Å². The van der Waals surface area contributed by atoms with E-state index < -0.39 is 32.5 Å². The molecule has 0 aromatic heterocycles. The Morgan fingerprint density at radius 3 is 2.57 bits per heavy atom. The van der Waals surface area contributed by atoms with Crippen molar-refractivity contribution < 1.29 is 27.1 Å². The second-order valence-electron chi connectivity index (χ2n) is 4.41. The number of aryl methyl sites for hydroxylation is 1. The maximum absolute atomic E-state index is 13.8. The minimum atomic E-state index is -4.08. The van der Waals surface area contributed by atoms with Gasteiger partial charge in [-0.1, -0.05) is 0 Å². The summed E-state index contributed by atoms with van der Waals surface area (Å²) in [6, 6.07) is 1.81. The molecule has 1 aromatic carbocycles. The van der Waals surface area contributed by atoms with Crippen molar-refractivity contribution in [2.24, 2.45) is 0 Å². The molecular weight excluding hydrogens is 323 g/mol. The lowest BCUT2D eigenvalue weighted by Gasteiger charge is -2.14. The van der Waals surface area contributed by atoms with E-state index in [9.17, 15) is 17.6 Å². The van der Waals surface area contributed by atoms with Crippen LogP contribution in [-0.4, -0.2) is 33.7 Å². The lowest BCUT2D eigenvalue weighted by Crippen LogP contribution is -2.21. The average Bonchev–Trinajstić information content (AvgIpc) is 2.34. The van der Waals surface area contributed by atoms with E-state index in [-0.39, 0.29) is 17.1 Å². The summed E-state index contributed by atoms with van der Waals surface area (Å²) in [5.74, 6) is -1.84. The molecule has 0 N–H and O–H groups in total. The van der Waals surface area contributed by atoms with Gasteiger partial charge < -0.3 is 9.47 Å². The van der Waals surface area contributed by atoms with E-state index in [1.165, 1.54) is 6.92 Å². The van der Waals surface area contributed by atoms with Gasteiger partial charge in [0, 0.05) is 17.3 Å². The van der Waals surface area contributed by atoms with E-state index in [4.69, 9.17) is 20.2 Å². The Balaban J connectivity index is 3.05. The van der Waals surface area contributed by atoms with Crippen LogP contribution in [0, 0.1) is 12.7 Å². The standard InChI is InChI=1S/C13H16ClFO5S/c1-4-19-7-9(3)20-13(16)10-6-12(21(14,17)18)8(2)5-11(10)15/h5-6,9H,4,7H2,1-3H3. The Hall–Kier alpha value is -1.18. The predicted octanol–water partition coefficient (Wildman–Crippen LogP) is 2.64. The minimum Gasteiger partial charge on any atom is -0.457 e. The number of carbonyl (C=O) groups is 1. The monoisotopic (exact) mass is 338 g/mol. The zero-order valence-corrected chi connectivity index (χ0v) is 13.4. The predicted molar refractivity (Wildman–Crippen MR) is 75.5 cm³/mol. The van der Waals surface area contributed by atoms with Crippen molar-refractivity contribution in [1.29, 1.82) is 0 Å². The van der Waals surface area contributed by atoms with Crippen molar-refractivity contribution in [2.75, 3.05) is 13.2 Å². The third kappa shape index (κ3) is 4.94. The Kier molecular flexibility index (Phi) is 6.12. The van der Waals surface area contributed by atoms with Gasteiger partial charge >= 0.3 is 5.97 Å². The summed E-state index contributed by atoms with van der Waals surface area (Å²) in [6.07, 6.45) is -0.589. The molecule has 0 aliphatic heterocycles. The van der Waals surface area contributed by atoms with E-state index in [1.807, 2.05) is 0 Å². The van der Waals surface area contributed by atoms with Crippen molar-refractivity contribution in [3.63, 3.8) is 0 Å². The van der Waals surface area contributed by atoms with Crippen LogP contribution in [0.5, 0.6) is 0 Å². The largest absolute Gasteiger partial charge is 0.457 e. The van der Waals surface area contributed by atoms with Crippen molar-refractivity contribution in [3.05, 3.63) is 29.1 Å². The highest BCUT2D eigenvalue weighted by Gasteiger charge is 2.22. The van der Waals surface area contributed by atoms with Crippen LogP contribution in [0.3, 0.4) is 0 Å². The fraction of sp³-hybridized carbons (Fsp3) is 0.462. The molecule has 0 saturated carbocycles. The summed E-state index contributed by atoms with van der Waals surface area (Å²) in [6.45, 7) is 5.36. The number of benzene rings is 1. The molecule has 0 bridgehead atoms. The first-order valence-corrected chi connectivity index (χ1v) is 8.51. The van der Waals surface area contributed by atoms with Crippen LogP contribution >= 0.6 is 10.7 Å². The molecule has 21 heavy (non-hydrogen) atoms. The number of hydrogen-bond acceptors (Lipinski definition) is 5. The number of ether oxygens (including phenoxy) is 2. The summed E-state index contributed by atoms with van der Waals surface area (Å²) in [4.78, 5) is 11.5. The fourth-order valence-corrected chi connectivity index (χ4v) is 2.84. The molecule has 0 aliphatic carbocycles. The van der Waals surface area contributed by atoms with Gasteiger partial charge in [0.15, 0.2) is 0 Å². The van der Waals surface area contributed by atoms with E-state index in [1.54, 1.807) is 13.8 Å². The van der Waals surface area contributed by atoms with E-state index in [0.717, 1.165) is 12.1 Å². The van der Waals surface area contributed by atoms with Gasteiger partial charge in [0.05, 0.1) is 17.1 Å². The Labute approximate surface area is 127 Å². The fourth-order valence-electron chi connectivity index (χ4n) is 1.64. The van der Waals surface area contributed by atoms with Crippen molar-refractivity contribution in [2.45, 2.75) is 31.8 Å². The zero-order chi connectivity index (χ0) is 16.2. The smallest absolute Gasteiger partial charge is 0.341 e. The first-order valence-electron chi connectivity index (χ1n) is 6.20. The van der Waals surface area contributed by atoms with Crippen LogP contribution in [0.1, 0.15) is 29.8 Å². The normalized spacial score (nSPS) is 13.0. The molecular formula is C13H16ClFO5S. The zero-order valence-electron chi connectivity index (χ0n) is 11.9. The van der Waals surface area contributed by atoms with Crippen LogP contribution in [0.4, 0.5) is 4.39 Å². The molecule has 0 spiro atoms. The summed E-state index contributed by atoms with van der Waals surface area (Å²) in [7, 11) is 1.17. The molecule has 118 valence electrons. The average molecular weight is 339 g/mol. The third-order valence-electron chi connectivity index (χ3n) is 2.61. The molecule has 1 atom stereocenters. The Morgan fingerprint density at radius 1 is 1.43 bits per heavy atom. The van der Waals surface area contributed by atoms with Gasteiger partial charge in [-0.3, -0.25) is 0 Å². The molecule has 0 radical (unpaired) electrons. The van der Waals surface area contributed by atoms with Gasteiger partial charge in [-0.25, -0.2) is 17.6 Å². The molecule has 0 fully saturated rings. The lowest BCUT2D eigenvalue weighted by atomic mass is 10.1. The number of carbonyl (C=O) groups excluding carboxylic acids is 1. The number of hydrogen-bond donors (Lipinski definition) is 0. The topological polar surface area (TPSA) is 69.7 Å². The number of rotatable bonds is 6. The molecule has 5 nitrogen and oxygen atoms in total. The quantitative estimate of drug-likeness (QED) is 0.589. The maximum atomic E-state index is 13.8.